The average Bonchev–Trinajstić information content (AvgIpc) is 2.49. The molecule has 0 aromatic rings. The lowest BCUT2D eigenvalue weighted by Crippen LogP contribution is -2.40. The van der Waals surface area contributed by atoms with Gasteiger partial charge in [-0.3, -0.25) is 4.79 Å². The molecular weight excluding hydrogens is 254 g/mol. The van der Waals surface area contributed by atoms with Crippen LogP contribution in [0.2, 0.25) is 0 Å². The molecule has 0 aromatic heterocycles. The molecule has 2 N–H and O–H groups in total. The second-order valence-electron chi connectivity index (χ2n) is 4.92. The molecular formula is C16H31NO3. The lowest BCUT2D eigenvalue weighted by molar-refractivity contribution is -0.131. The molecule has 4 nitrogen and oxygen atoms in total. The molecule has 0 saturated carbocycles. The summed E-state index contributed by atoms with van der Waals surface area (Å²) in [7, 11) is 1.00. The number of aldehydes is 1. The zero-order valence-electron chi connectivity index (χ0n) is 13.6. The van der Waals surface area contributed by atoms with Gasteiger partial charge < -0.3 is 15.2 Å². The van der Waals surface area contributed by atoms with Gasteiger partial charge in [-0.25, -0.2) is 0 Å². The second kappa shape index (κ2) is 12.9. The molecule has 1 aliphatic carbocycles. The fourth-order valence-corrected chi connectivity index (χ4v) is 2.07. The Kier molecular flexibility index (Phi) is 13.6. The van der Waals surface area contributed by atoms with Gasteiger partial charge in [-0.15, -0.1) is 0 Å². The van der Waals surface area contributed by atoms with E-state index in [1.807, 2.05) is 20.8 Å². The van der Waals surface area contributed by atoms with Crippen LogP contribution in [-0.4, -0.2) is 31.0 Å². The highest BCUT2D eigenvalue weighted by Gasteiger charge is 2.32. The molecule has 1 aliphatic rings. The van der Waals surface area contributed by atoms with Crippen molar-refractivity contribution >= 4 is 12.2 Å². The normalized spacial score (nSPS) is 26.4. The zero-order valence-corrected chi connectivity index (χ0v) is 13.6. The zero-order chi connectivity index (χ0) is 16.0. The quantitative estimate of drug-likeness (QED) is 0.619. The summed E-state index contributed by atoms with van der Waals surface area (Å²) in [5.74, 6) is 0.556. The third-order valence-corrected chi connectivity index (χ3v) is 3.37. The van der Waals surface area contributed by atoms with Crippen molar-refractivity contribution in [2.75, 3.05) is 13.7 Å². The molecule has 2 unspecified atom stereocenters. The highest BCUT2D eigenvalue weighted by Crippen LogP contribution is 2.33. The Hall–Kier alpha value is -1.16. The van der Waals surface area contributed by atoms with Crippen molar-refractivity contribution in [2.24, 2.45) is 11.3 Å². The van der Waals surface area contributed by atoms with E-state index in [-0.39, 0.29) is 17.9 Å². The summed E-state index contributed by atoms with van der Waals surface area (Å²) in [5, 5.41) is 9.67. The van der Waals surface area contributed by atoms with Gasteiger partial charge in [0, 0.05) is 12.5 Å². The molecule has 0 saturated heterocycles. The van der Waals surface area contributed by atoms with E-state index >= 15 is 0 Å². The van der Waals surface area contributed by atoms with Crippen LogP contribution in [-0.2, 0) is 9.59 Å². The van der Waals surface area contributed by atoms with Gasteiger partial charge in [0.2, 0.25) is 5.91 Å². The van der Waals surface area contributed by atoms with Gasteiger partial charge in [0.1, 0.15) is 6.29 Å². The van der Waals surface area contributed by atoms with E-state index in [4.69, 9.17) is 5.11 Å². The second-order valence-corrected chi connectivity index (χ2v) is 4.92. The van der Waals surface area contributed by atoms with Gasteiger partial charge in [0.25, 0.3) is 0 Å². The number of hydrogen-bond donors (Lipinski definition) is 2. The lowest BCUT2D eigenvalue weighted by atomic mass is 9.77. The first kappa shape index (κ1) is 21.1. The minimum absolute atomic E-state index is 0.0158. The van der Waals surface area contributed by atoms with Gasteiger partial charge in [-0.05, 0) is 31.6 Å². The summed E-state index contributed by atoms with van der Waals surface area (Å²) in [6, 6.07) is 0. The van der Waals surface area contributed by atoms with Crippen LogP contribution in [0.15, 0.2) is 12.2 Å². The maximum absolute atomic E-state index is 12.0. The highest BCUT2D eigenvalue weighted by atomic mass is 16.2. The molecule has 0 heterocycles. The fourth-order valence-electron chi connectivity index (χ4n) is 2.07. The van der Waals surface area contributed by atoms with Crippen LogP contribution in [0.25, 0.3) is 0 Å². The van der Waals surface area contributed by atoms with Gasteiger partial charge in [-0.1, -0.05) is 39.8 Å². The molecule has 0 fully saturated rings. The number of rotatable bonds is 3. The number of aliphatic hydroxyl groups excluding tert-OH is 1. The number of allylic oxidation sites excluding steroid dienone is 2. The summed E-state index contributed by atoms with van der Waals surface area (Å²) >= 11 is 0. The Morgan fingerprint density at radius 3 is 2.55 bits per heavy atom. The topological polar surface area (TPSA) is 66.4 Å². The van der Waals surface area contributed by atoms with Gasteiger partial charge in [0.05, 0.1) is 6.54 Å². The molecule has 20 heavy (non-hydrogen) atoms. The van der Waals surface area contributed by atoms with Crippen molar-refractivity contribution in [1.29, 1.82) is 0 Å². The van der Waals surface area contributed by atoms with Crippen LogP contribution >= 0.6 is 0 Å². The molecule has 0 radical (unpaired) electrons. The Morgan fingerprint density at radius 2 is 2.00 bits per heavy atom. The first-order valence-corrected chi connectivity index (χ1v) is 7.42. The Morgan fingerprint density at radius 1 is 1.40 bits per heavy atom. The van der Waals surface area contributed by atoms with Crippen molar-refractivity contribution in [3.05, 3.63) is 12.2 Å². The van der Waals surface area contributed by atoms with Crippen molar-refractivity contribution in [3.8, 4) is 0 Å². The Bertz CT molecular complexity index is 289. The van der Waals surface area contributed by atoms with Crippen LogP contribution < -0.4 is 5.32 Å². The molecule has 0 spiro atoms. The number of hydrogen-bond acceptors (Lipinski definition) is 3. The van der Waals surface area contributed by atoms with Gasteiger partial charge in [0.15, 0.2) is 0 Å². The number of aliphatic hydroxyl groups is 1. The van der Waals surface area contributed by atoms with E-state index in [1.54, 1.807) is 0 Å². The largest absolute Gasteiger partial charge is 0.400 e. The summed E-state index contributed by atoms with van der Waals surface area (Å²) in [4.78, 5) is 22.2. The minimum atomic E-state index is -0.317. The lowest BCUT2D eigenvalue weighted by Gasteiger charge is -2.30. The number of carbonyl (C=O) groups excluding carboxylic acids is 2. The molecule has 0 aliphatic heterocycles. The highest BCUT2D eigenvalue weighted by molar-refractivity contribution is 5.83. The Balaban J connectivity index is 0. The third kappa shape index (κ3) is 8.10. The predicted octanol–water partition coefficient (Wildman–Crippen LogP) is 2.71. The smallest absolute Gasteiger partial charge is 0.226 e. The maximum atomic E-state index is 12.0. The van der Waals surface area contributed by atoms with Crippen LogP contribution in [0.5, 0.6) is 0 Å². The first-order chi connectivity index (χ1) is 9.58. The van der Waals surface area contributed by atoms with Crippen molar-refractivity contribution in [2.45, 2.75) is 53.4 Å². The Labute approximate surface area is 123 Å². The van der Waals surface area contributed by atoms with Gasteiger partial charge >= 0.3 is 0 Å². The number of nitrogens with one attached hydrogen (secondary N) is 1. The molecule has 2 atom stereocenters. The van der Waals surface area contributed by atoms with E-state index in [0.29, 0.717) is 5.92 Å². The summed E-state index contributed by atoms with van der Waals surface area (Å²) in [5.41, 5.74) is -0.317. The molecule has 118 valence electrons. The maximum Gasteiger partial charge on any atom is 0.226 e. The van der Waals surface area contributed by atoms with Crippen LogP contribution in [0.3, 0.4) is 0 Å². The predicted molar refractivity (Wildman–Crippen MR) is 83.4 cm³/mol. The third-order valence-electron chi connectivity index (χ3n) is 3.37. The summed E-state index contributed by atoms with van der Waals surface area (Å²) in [6.07, 6.45) is 8.84. The van der Waals surface area contributed by atoms with Crippen molar-refractivity contribution in [1.82, 2.24) is 5.32 Å². The van der Waals surface area contributed by atoms with E-state index in [0.717, 1.165) is 39.1 Å². The van der Waals surface area contributed by atoms with Crippen LogP contribution in [0, 0.1) is 11.3 Å². The van der Waals surface area contributed by atoms with E-state index in [2.05, 4.69) is 24.4 Å². The summed E-state index contributed by atoms with van der Waals surface area (Å²) < 4.78 is 0. The van der Waals surface area contributed by atoms with Gasteiger partial charge in [-0.2, -0.15) is 0 Å². The SMILES string of the molecule is CC.CC1/C=C/CCC(C)(C(=O)NCC=O)CC1.CO. The standard InChI is InChI=1S/C13H21NO2.C2H6.CH4O/c1-11-5-3-4-7-13(2,8-6-11)12(16)14-9-10-15;2*1-2/h3,5,10-11H,4,6-9H2,1-2H3,(H,14,16);1-2H3;2H,1H3/b5-3+;;. The number of carbonyl (C=O) groups is 2. The first-order valence-electron chi connectivity index (χ1n) is 7.42. The molecule has 0 bridgehead atoms. The van der Waals surface area contributed by atoms with Crippen LogP contribution in [0.4, 0.5) is 0 Å². The van der Waals surface area contributed by atoms with E-state index in [1.165, 1.54) is 0 Å². The molecule has 4 heteroatoms. The van der Waals surface area contributed by atoms with Crippen molar-refractivity contribution in [3.63, 3.8) is 0 Å². The molecule has 1 amide bonds. The number of amides is 1. The average molecular weight is 285 g/mol. The van der Waals surface area contributed by atoms with Crippen molar-refractivity contribution < 1.29 is 14.7 Å². The van der Waals surface area contributed by atoms with E-state index in [9.17, 15) is 9.59 Å². The minimum Gasteiger partial charge on any atom is -0.400 e. The fraction of sp³-hybridized carbons (Fsp3) is 0.750. The summed E-state index contributed by atoms with van der Waals surface area (Å²) in [6.45, 7) is 8.30. The molecule has 0 aromatic carbocycles. The molecule has 1 rings (SSSR count). The van der Waals surface area contributed by atoms with Crippen LogP contribution in [0.1, 0.15) is 53.4 Å². The monoisotopic (exact) mass is 285 g/mol. The van der Waals surface area contributed by atoms with E-state index < -0.39 is 0 Å².